The summed E-state index contributed by atoms with van der Waals surface area (Å²) in [6, 6.07) is 2.18. The van der Waals surface area contributed by atoms with E-state index >= 15 is 0 Å². The van der Waals surface area contributed by atoms with Gasteiger partial charge in [0, 0.05) is 35.9 Å². The largest absolute Gasteiger partial charge is 0.371 e. The van der Waals surface area contributed by atoms with Gasteiger partial charge in [0.1, 0.15) is 5.82 Å². The third-order valence-corrected chi connectivity index (χ3v) is 4.43. The number of anilines is 1. The number of rotatable bonds is 5. The molecule has 0 aliphatic carbocycles. The predicted octanol–water partition coefficient (Wildman–Crippen LogP) is 2.71. The lowest BCUT2D eigenvalue weighted by Gasteiger charge is -2.34. The Labute approximate surface area is 129 Å². The van der Waals surface area contributed by atoms with Crippen LogP contribution in [0.3, 0.4) is 0 Å². The van der Waals surface area contributed by atoms with Crippen LogP contribution in [0, 0.1) is 0 Å². The number of hydrogen-bond donors (Lipinski definition) is 1. The number of aromatic nitrogens is 1. The Morgan fingerprint density at radius 3 is 2.85 bits per heavy atom. The fraction of sp³-hybridized carbons (Fsp3) is 0.667. The van der Waals surface area contributed by atoms with Crippen molar-refractivity contribution >= 4 is 21.7 Å². The maximum Gasteiger partial charge on any atom is 0.133 e. The molecule has 2 aliphatic heterocycles. The Bertz CT molecular complexity index is 456. The zero-order chi connectivity index (χ0) is 13.9. The summed E-state index contributed by atoms with van der Waals surface area (Å²) in [7, 11) is 0. The molecule has 0 aromatic carbocycles. The van der Waals surface area contributed by atoms with Crippen LogP contribution in [-0.4, -0.2) is 36.8 Å². The van der Waals surface area contributed by atoms with Gasteiger partial charge in [0.15, 0.2) is 0 Å². The van der Waals surface area contributed by atoms with Crippen LogP contribution in [0.25, 0.3) is 0 Å². The van der Waals surface area contributed by atoms with Gasteiger partial charge in [0.05, 0.1) is 12.2 Å². The van der Waals surface area contributed by atoms with Gasteiger partial charge in [-0.15, -0.1) is 0 Å². The fourth-order valence-electron chi connectivity index (χ4n) is 3.08. The topological polar surface area (TPSA) is 37.4 Å². The van der Waals surface area contributed by atoms with Gasteiger partial charge in [-0.1, -0.05) is 6.92 Å². The van der Waals surface area contributed by atoms with Gasteiger partial charge in [0.2, 0.25) is 0 Å². The standard InChI is InChI=1S/C15H22BrN3O/c1-2-5-17-7-11-6-12(16)8-18-15(11)19-9-13-3-4-14(10-19)20-13/h6,8,13-14,17H,2-5,7,9-10H2,1H3. The number of halogens is 1. The van der Waals surface area contributed by atoms with Crippen molar-refractivity contribution in [3.8, 4) is 0 Å². The molecule has 0 spiro atoms. The number of ether oxygens (including phenoxy) is 1. The van der Waals surface area contributed by atoms with E-state index in [4.69, 9.17) is 4.74 Å². The Morgan fingerprint density at radius 2 is 2.15 bits per heavy atom. The minimum Gasteiger partial charge on any atom is -0.371 e. The average Bonchev–Trinajstić information content (AvgIpc) is 2.78. The van der Waals surface area contributed by atoms with Crippen LogP contribution >= 0.6 is 15.9 Å². The van der Waals surface area contributed by atoms with E-state index in [1.165, 1.54) is 18.4 Å². The van der Waals surface area contributed by atoms with E-state index in [9.17, 15) is 0 Å². The van der Waals surface area contributed by atoms with Crippen LogP contribution in [0.15, 0.2) is 16.7 Å². The fourth-order valence-corrected chi connectivity index (χ4v) is 3.46. The summed E-state index contributed by atoms with van der Waals surface area (Å²) >= 11 is 3.53. The van der Waals surface area contributed by atoms with E-state index in [-0.39, 0.29) is 0 Å². The van der Waals surface area contributed by atoms with Gasteiger partial charge in [-0.05, 0) is 47.8 Å². The van der Waals surface area contributed by atoms with Gasteiger partial charge in [-0.3, -0.25) is 0 Å². The third-order valence-electron chi connectivity index (χ3n) is 3.99. The smallest absolute Gasteiger partial charge is 0.133 e. The summed E-state index contributed by atoms with van der Waals surface area (Å²) in [5, 5.41) is 3.48. The first-order chi connectivity index (χ1) is 9.76. The number of nitrogens with zero attached hydrogens (tertiary/aromatic N) is 2. The van der Waals surface area contributed by atoms with Gasteiger partial charge in [-0.25, -0.2) is 4.98 Å². The van der Waals surface area contributed by atoms with Crippen molar-refractivity contribution in [2.45, 2.75) is 44.9 Å². The van der Waals surface area contributed by atoms with Crippen molar-refractivity contribution in [1.82, 2.24) is 10.3 Å². The van der Waals surface area contributed by atoms with Gasteiger partial charge < -0.3 is 15.0 Å². The first-order valence-corrected chi connectivity index (χ1v) is 8.31. The molecule has 2 saturated heterocycles. The van der Waals surface area contributed by atoms with E-state index in [0.29, 0.717) is 12.2 Å². The van der Waals surface area contributed by atoms with Crippen LogP contribution in [0.2, 0.25) is 0 Å². The van der Waals surface area contributed by atoms with Crippen molar-refractivity contribution in [3.05, 3.63) is 22.3 Å². The zero-order valence-electron chi connectivity index (χ0n) is 11.9. The molecule has 2 atom stereocenters. The molecule has 0 amide bonds. The van der Waals surface area contributed by atoms with Crippen LogP contribution in [0.4, 0.5) is 5.82 Å². The summed E-state index contributed by atoms with van der Waals surface area (Å²) in [6.07, 6.45) is 6.24. The van der Waals surface area contributed by atoms with Gasteiger partial charge >= 0.3 is 0 Å². The predicted molar refractivity (Wildman–Crippen MR) is 84.0 cm³/mol. The molecule has 0 radical (unpaired) electrons. The first kappa shape index (κ1) is 14.3. The van der Waals surface area contributed by atoms with Crippen molar-refractivity contribution < 1.29 is 4.74 Å². The molecule has 1 aromatic rings. The number of nitrogens with one attached hydrogen (secondary N) is 1. The lowest BCUT2D eigenvalue weighted by molar-refractivity contribution is 0.0301. The summed E-state index contributed by atoms with van der Waals surface area (Å²) in [4.78, 5) is 7.06. The maximum atomic E-state index is 5.92. The summed E-state index contributed by atoms with van der Waals surface area (Å²) in [5.74, 6) is 1.12. The van der Waals surface area contributed by atoms with Crippen molar-refractivity contribution in [1.29, 1.82) is 0 Å². The van der Waals surface area contributed by atoms with Crippen LogP contribution < -0.4 is 10.2 Å². The molecule has 3 heterocycles. The molecule has 2 aliphatic rings. The highest BCUT2D eigenvalue weighted by molar-refractivity contribution is 9.10. The monoisotopic (exact) mass is 339 g/mol. The highest BCUT2D eigenvalue weighted by Gasteiger charge is 2.34. The molecule has 2 fully saturated rings. The van der Waals surface area contributed by atoms with Crippen LogP contribution in [0.5, 0.6) is 0 Å². The number of hydrogen-bond acceptors (Lipinski definition) is 4. The van der Waals surface area contributed by atoms with Gasteiger partial charge in [0.25, 0.3) is 0 Å². The number of pyridine rings is 1. The molecule has 1 aromatic heterocycles. The number of morpholine rings is 1. The highest BCUT2D eigenvalue weighted by atomic mass is 79.9. The highest BCUT2D eigenvalue weighted by Crippen LogP contribution is 2.31. The Kier molecular flexibility index (Phi) is 4.58. The lowest BCUT2D eigenvalue weighted by atomic mass is 10.2. The molecule has 2 bridgehead atoms. The summed E-state index contributed by atoms with van der Waals surface area (Å²) in [6.45, 7) is 6.06. The van der Waals surface area contributed by atoms with E-state index in [1.807, 2.05) is 6.20 Å². The Hall–Kier alpha value is -0.650. The minimum absolute atomic E-state index is 0.399. The molecule has 5 heteroatoms. The third kappa shape index (κ3) is 3.15. The zero-order valence-corrected chi connectivity index (χ0v) is 13.5. The molecule has 2 unspecified atom stereocenters. The van der Waals surface area contributed by atoms with E-state index < -0.39 is 0 Å². The molecule has 1 N–H and O–H groups in total. The molecular weight excluding hydrogens is 318 g/mol. The summed E-state index contributed by atoms with van der Waals surface area (Å²) in [5.41, 5.74) is 1.27. The lowest BCUT2D eigenvalue weighted by Crippen LogP contribution is -2.43. The van der Waals surface area contributed by atoms with Crippen molar-refractivity contribution in [2.24, 2.45) is 0 Å². The van der Waals surface area contributed by atoms with E-state index in [0.717, 1.165) is 42.9 Å². The van der Waals surface area contributed by atoms with E-state index in [2.05, 4.69) is 44.1 Å². The molecule has 4 nitrogen and oxygen atoms in total. The number of fused-ring (bicyclic) bond motifs is 2. The minimum atomic E-state index is 0.399. The summed E-state index contributed by atoms with van der Waals surface area (Å²) < 4.78 is 6.96. The second-order valence-corrected chi connectivity index (χ2v) is 6.59. The van der Waals surface area contributed by atoms with Crippen molar-refractivity contribution in [3.63, 3.8) is 0 Å². The average molecular weight is 340 g/mol. The quantitative estimate of drug-likeness (QED) is 0.837. The van der Waals surface area contributed by atoms with Crippen LogP contribution in [0.1, 0.15) is 31.7 Å². The normalized spacial score (nSPS) is 25.2. The van der Waals surface area contributed by atoms with Crippen LogP contribution in [-0.2, 0) is 11.3 Å². The second-order valence-electron chi connectivity index (χ2n) is 5.68. The van der Waals surface area contributed by atoms with Gasteiger partial charge in [-0.2, -0.15) is 0 Å². The molecule has 0 saturated carbocycles. The molecule has 110 valence electrons. The molecule has 20 heavy (non-hydrogen) atoms. The first-order valence-electron chi connectivity index (χ1n) is 7.52. The van der Waals surface area contributed by atoms with Crippen molar-refractivity contribution in [2.75, 3.05) is 24.5 Å². The SMILES string of the molecule is CCCNCc1cc(Br)cnc1N1CC2CCC(C1)O2. The molecular formula is C15H22BrN3O. The molecule has 3 rings (SSSR count). The maximum absolute atomic E-state index is 5.92. The Morgan fingerprint density at radius 1 is 1.40 bits per heavy atom. The van der Waals surface area contributed by atoms with E-state index in [1.54, 1.807) is 0 Å². The second kappa shape index (κ2) is 6.41. The Balaban J connectivity index is 1.77.